The van der Waals surface area contributed by atoms with E-state index in [-0.39, 0.29) is 17.8 Å². The Bertz CT molecular complexity index is 912. The first kappa shape index (κ1) is 15.9. The van der Waals surface area contributed by atoms with Gasteiger partial charge in [0.2, 0.25) is 0 Å². The Morgan fingerprint density at radius 3 is 2.67 bits per heavy atom. The van der Waals surface area contributed by atoms with Crippen LogP contribution in [0.4, 0.5) is 5.69 Å². The Kier molecular flexibility index (Phi) is 3.73. The number of nitro benzene ring substituents is 1. The molecule has 0 amide bonds. The SMILES string of the molecule is CC1(C)Oc2ccc([N+](=O)[O-])cc2C(n2ccccc2=O)=C1CN. The highest BCUT2D eigenvalue weighted by Gasteiger charge is 2.36. The molecular formula is C17H17N3O4. The van der Waals surface area contributed by atoms with Gasteiger partial charge in [0.1, 0.15) is 11.4 Å². The fraction of sp³-hybridized carbons (Fsp3) is 0.235. The van der Waals surface area contributed by atoms with Crippen molar-refractivity contribution in [2.75, 3.05) is 6.54 Å². The lowest BCUT2D eigenvalue weighted by molar-refractivity contribution is -0.384. The molecule has 7 nitrogen and oxygen atoms in total. The number of rotatable bonds is 3. The third kappa shape index (κ3) is 2.48. The van der Waals surface area contributed by atoms with E-state index < -0.39 is 10.5 Å². The maximum atomic E-state index is 12.3. The molecule has 124 valence electrons. The summed E-state index contributed by atoms with van der Waals surface area (Å²) in [5, 5.41) is 11.1. The molecule has 0 unspecified atom stereocenters. The number of aromatic nitrogens is 1. The maximum Gasteiger partial charge on any atom is 0.270 e. The van der Waals surface area contributed by atoms with E-state index in [0.717, 1.165) is 0 Å². The van der Waals surface area contributed by atoms with Crippen LogP contribution >= 0.6 is 0 Å². The Balaban J connectivity index is 2.39. The number of pyridine rings is 1. The molecule has 1 aliphatic rings. The molecule has 3 rings (SSSR count). The lowest BCUT2D eigenvalue weighted by Gasteiger charge is -2.36. The van der Waals surface area contributed by atoms with E-state index in [4.69, 9.17) is 10.5 Å². The van der Waals surface area contributed by atoms with Crippen LogP contribution in [0.1, 0.15) is 19.4 Å². The predicted molar refractivity (Wildman–Crippen MR) is 89.9 cm³/mol. The molecule has 1 aromatic heterocycles. The fourth-order valence-electron chi connectivity index (χ4n) is 2.92. The molecule has 7 heteroatoms. The van der Waals surface area contributed by atoms with Gasteiger partial charge >= 0.3 is 0 Å². The molecule has 2 heterocycles. The molecule has 0 radical (unpaired) electrons. The van der Waals surface area contributed by atoms with Crippen LogP contribution in [0.5, 0.6) is 5.75 Å². The summed E-state index contributed by atoms with van der Waals surface area (Å²) in [7, 11) is 0. The third-order valence-corrected chi connectivity index (χ3v) is 4.07. The quantitative estimate of drug-likeness (QED) is 0.687. The standard InChI is InChI=1S/C17H17N3O4/c1-17(2)13(10-18)16(19-8-4-3-5-15(19)21)12-9-11(20(22)23)6-7-14(12)24-17/h3-9H,10,18H2,1-2H3. The van der Waals surface area contributed by atoms with E-state index in [1.165, 1.54) is 22.8 Å². The van der Waals surface area contributed by atoms with Gasteiger partial charge in [0.25, 0.3) is 11.2 Å². The van der Waals surface area contributed by atoms with Crippen molar-refractivity contribution < 1.29 is 9.66 Å². The molecule has 2 aromatic rings. The van der Waals surface area contributed by atoms with E-state index in [0.29, 0.717) is 22.6 Å². The average Bonchev–Trinajstić information content (AvgIpc) is 2.53. The van der Waals surface area contributed by atoms with Crippen molar-refractivity contribution in [3.8, 4) is 5.75 Å². The minimum atomic E-state index is -0.734. The highest BCUT2D eigenvalue weighted by molar-refractivity contribution is 5.78. The van der Waals surface area contributed by atoms with Gasteiger partial charge in [-0.25, -0.2) is 0 Å². The minimum Gasteiger partial charge on any atom is -0.483 e. The average molecular weight is 327 g/mol. The molecule has 0 fully saturated rings. The van der Waals surface area contributed by atoms with E-state index in [2.05, 4.69) is 0 Å². The Labute approximate surface area is 138 Å². The van der Waals surface area contributed by atoms with Gasteiger partial charge in [-0.05, 0) is 26.0 Å². The van der Waals surface area contributed by atoms with E-state index in [1.807, 2.05) is 13.8 Å². The smallest absolute Gasteiger partial charge is 0.270 e. The molecular weight excluding hydrogens is 310 g/mol. The first-order valence-corrected chi connectivity index (χ1v) is 7.45. The molecule has 0 spiro atoms. The molecule has 0 saturated carbocycles. The Morgan fingerprint density at radius 2 is 2.04 bits per heavy atom. The number of nitro groups is 1. The van der Waals surface area contributed by atoms with Crippen LogP contribution in [0.25, 0.3) is 5.70 Å². The first-order chi connectivity index (χ1) is 11.3. The molecule has 1 aliphatic heterocycles. The monoisotopic (exact) mass is 327 g/mol. The van der Waals surface area contributed by atoms with Crippen LogP contribution in [0.3, 0.4) is 0 Å². The highest BCUT2D eigenvalue weighted by Crippen LogP contribution is 2.42. The van der Waals surface area contributed by atoms with E-state index in [9.17, 15) is 14.9 Å². The van der Waals surface area contributed by atoms with Gasteiger partial charge in [-0.3, -0.25) is 19.5 Å². The molecule has 0 aliphatic carbocycles. The van der Waals surface area contributed by atoms with Gasteiger partial charge in [0, 0.05) is 42.1 Å². The number of fused-ring (bicyclic) bond motifs is 1. The van der Waals surface area contributed by atoms with Crippen LogP contribution in [0, 0.1) is 10.1 Å². The number of ether oxygens (including phenoxy) is 1. The zero-order chi connectivity index (χ0) is 17.5. The van der Waals surface area contributed by atoms with E-state index in [1.54, 1.807) is 24.4 Å². The fourth-order valence-corrected chi connectivity index (χ4v) is 2.92. The Hall–Kier alpha value is -2.93. The van der Waals surface area contributed by atoms with Crippen LogP contribution in [0.15, 0.2) is 53.0 Å². The summed E-state index contributed by atoms with van der Waals surface area (Å²) in [5.41, 5.74) is 6.60. The van der Waals surface area contributed by atoms with Crippen molar-refractivity contribution in [1.82, 2.24) is 4.57 Å². The van der Waals surface area contributed by atoms with Crippen LogP contribution < -0.4 is 16.0 Å². The largest absolute Gasteiger partial charge is 0.483 e. The molecule has 0 atom stereocenters. The summed E-state index contributed by atoms with van der Waals surface area (Å²) in [6.07, 6.45) is 1.62. The Morgan fingerprint density at radius 1 is 1.29 bits per heavy atom. The number of nitrogens with two attached hydrogens (primary N) is 1. The van der Waals surface area contributed by atoms with Gasteiger partial charge in [0.15, 0.2) is 0 Å². The van der Waals surface area contributed by atoms with Crippen molar-refractivity contribution in [3.05, 3.63) is 74.2 Å². The maximum absolute atomic E-state index is 12.3. The summed E-state index contributed by atoms with van der Waals surface area (Å²) in [5.74, 6) is 0.480. The summed E-state index contributed by atoms with van der Waals surface area (Å²) >= 11 is 0. The molecule has 1 aromatic carbocycles. The predicted octanol–water partition coefficient (Wildman–Crippen LogP) is 2.15. The van der Waals surface area contributed by atoms with Crippen molar-refractivity contribution in [3.63, 3.8) is 0 Å². The van der Waals surface area contributed by atoms with Gasteiger partial charge in [-0.15, -0.1) is 0 Å². The van der Waals surface area contributed by atoms with Crippen molar-refractivity contribution in [2.24, 2.45) is 5.73 Å². The van der Waals surface area contributed by atoms with Crippen molar-refractivity contribution >= 4 is 11.4 Å². The van der Waals surface area contributed by atoms with Crippen LogP contribution in [0.2, 0.25) is 0 Å². The molecule has 24 heavy (non-hydrogen) atoms. The minimum absolute atomic E-state index is 0.0742. The summed E-state index contributed by atoms with van der Waals surface area (Å²) in [4.78, 5) is 23.0. The van der Waals surface area contributed by atoms with Crippen molar-refractivity contribution in [1.29, 1.82) is 0 Å². The van der Waals surface area contributed by atoms with Crippen LogP contribution in [-0.2, 0) is 0 Å². The number of hydrogen-bond acceptors (Lipinski definition) is 5. The first-order valence-electron chi connectivity index (χ1n) is 7.45. The zero-order valence-corrected chi connectivity index (χ0v) is 13.4. The topological polar surface area (TPSA) is 100 Å². The van der Waals surface area contributed by atoms with Crippen molar-refractivity contribution in [2.45, 2.75) is 19.4 Å². The normalized spacial score (nSPS) is 15.6. The van der Waals surface area contributed by atoms with Crippen LogP contribution in [-0.4, -0.2) is 21.6 Å². The van der Waals surface area contributed by atoms with Gasteiger partial charge in [-0.2, -0.15) is 0 Å². The molecule has 2 N–H and O–H groups in total. The summed E-state index contributed by atoms with van der Waals surface area (Å²) in [6.45, 7) is 3.87. The zero-order valence-electron chi connectivity index (χ0n) is 13.4. The highest BCUT2D eigenvalue weighted by atomic mass is 16.6. The number of benzene rings is 1. The second-order valence-electron chi connectivity index (χ2n) is 5.99. The van der Waals surface area contributed by atoms with Gasteiger partial charge in [0.05, 0.1) is 10.6 Å². The number of nitrogens with zero attached hydrogens (tertiary/aromatic N) is 2. The summed E-state index contributed by atoms with van der Waals surface area (Å²) < 4.78 is 7.43. The number of non-ortho nitro benzene ring substituents is 1. The third-order valence-electron chi connectivity index (χ3n) is 4.07. The van der Waals surface area contributed by atoms with E-state index >= 15 is 0 Å². The van der Waals surface area contributed by atoms with Gasteiger partial charge < -0.3 is 10.5 Å². The number of hydrogen-bond donors (Lipinski definition) is 1. The molecule has 0 bridgehead atoms. The summed E-state index contributed by atoms with van der Waals surface area (Å²) in [6, 6.07) is 9.14. The van der Waals surface area contributed by atoms with Gasteiger partial charge in [-0.1, -0.05) is 6.07 Å². The molecule has 0 saturated heterocycles. The second kappa shape index (κ2) is 5.61. The lowest BCUT2D eigenvalue weighted by atomic mass is 9.89. The second-order valence-corrected chi connectivity index (χ2v) is 5.99. The lowest BCUT2D eigenvalue weighted by Crippen LogP contribution is -2.40.